The summed E-state index contributed by atoms with van der Waals surface area (Å²) >= 11 is 0. The van der Waals surface area contributed by atoms with E-state index >= 15 is 0 Å². The van der Waals surface area contributed by atoms with Crippen molar-refractivity contribution >= 4 is 17.5 Å². The molecule has 2 aromatic rings. The zero-order chi connectivity index (χ0) is 18.0. The van der Waals surface area contributed by atoms with Gasteiger partial charge in [-0.15, -0.1) is 0 Å². The van der Waals surface area contributed by atoms with Crippen LogP contribution in [-0.4, -0.2) is 18.9 Å². The third-order valence-electron chi connectivity index (χ3n) is 4.73. The molecule has 0 aromatic heterocycles. The van der Waals surface area contributed by atoms with E-state index in [1.807, 2.05) is 55.5 Å². The number of piperidine rings is 1. The van der Waals surface area contributed by atoms with Gasteiger partial charge in [0.15, 0.2) is 0 Å². The molecule has 0 bridgehead atoms. The van der Waals surface area contributed by atoms with Gasteiger partial charge in [0.2, 0.25) is 11.8 Å². The number of ether oxygens (including phenoxy) is 1. The van der Waals surface area contributed by atoms with E-state index in [2.05, 4.69) is 0 Å². The van der Waals surface area contributed by atoms with Crippen LogP contribution in [0.25, 0.3) is 0 Å². The Balaban J connectivity index is 2.07. The highest BCUT2D eigenvalue weighted by Gasteiger charge is 2.40. The maximum Gasteiger partial charge on any atom is 0.227 e. The van der Waals surface area contributed by atoms with Crippen molar-refractivity contribution in [1.29, 1.82) is 0 Å². The monoisotopic (exact) mass is 338 g/mol. The van der Waals surface area contributed by atoms with Crippen LogP contribution in [-0.2, 0) is 9.59 Å². The van der Waals surface area contributed by atoms with Gasteiger partial charge in [-0.2, -0.15) is 0 Å². The van der Waals surface area contributed by atoms with Gasteiger partial charge in [-0.1, -0.05) is 29.8 Å². The topological polar surface area (TPSA) is 72.6 Å². The fourth-order valence-electron chi connectivity index (χ4n) is 3.38. The summed E-state index contributed by atoms with van der Waals surface area (Å²) in [6, 6.07) is 14.8. The molecule has 2 atom stereocenters. The lowest BCUT2D eigenvalue weighted by Crippen LogP contribution is -2.47. The summed E-state index contributed by atoms with van der Waals surface area (Å²) in [5.41, 5.74) is 8.42. The predicted octanol–water partition coefficient (Wildman–Crippen LogP) is 2.97. The first-order chi connectivity index (χ1) is 12.0. The number of amides is 2. The van der Waals surface area contributed by atoms with E-state index in [0.717, 1.165) is 22.6 Å². The number of nitrogens with zero attached hydrogens (tertiary/aromatic N) is 1. The highest BCUT2D eigenvalue weighted by Crippen LogP contribution is 2.40. The number of hydrogen-bond donors (Lipinski definition) is 1. The van der Waals surface area contributed by atoms with Crippen LogP contribution in [0.15, 0.2) is 48.5 Å². The summed E-state index contributed by atoms with van der Waals surface area (Å²) in [4.78, 5) is 26.5. The lowest BCUT2D eigenvalue weighted by molar-refractivity contribution is -0.127. The lowest BCUT2D eigenvalue weighted by Gasteiger charge is -2.40. The largest absolute Gasteiger partial charge is 0.497 e. The molecule has 5 heteroatoms. The Morgan fingerprint density at radius 2 is 1.76 bits per heavy atom. The maximum atomic E-state index is 12.7. The zero-order valence-electron chi connectivity index (χ0n) is 14.4. The van der Waals surface area contributed by atoms with Gasteiger partial charge >= 0.3 is 0 Å². The summed E-state index contributed by atoms with van der Waals surface area (Å²) in [5.74, 6) is -0.0802. The second-order valence-corrected chi connectivity index (χ2v) is 6.36. The first-order valence-electron chi connectivity index (χ1n) is 8.33. The molecule has 130 valence electrons. The Morgan fingerprint density at radius 1 is 1.12 bits per heavy atom. The molecule has 2 aromatic carbocycles. The Labute approximate surface area is 147 Å². The molecule has 1 fully saturated rings. The molecular formula is C20H22N2O3. The summed E-state index contributed by atoms with van der Waals surface area (Å²) in [6.07, 6.45) is 0.779. The molecule has 1 saturated heterocycles. The molecule has 5 nitrogen and oxygen atoms in total. The van der Waals surface area contributed by atoms with Crippen molar-refractivity contribution in [2.24, 2.45) is 11.7 Å². The molecule has 1 heterocycles. The quantitative estimate of drug-likeness (QED) is 0.931. The molecule has 2 amide bonds. The fraction of sp³-hybridized carbons (Fsp3) is 0.300. The van der Waals surface area contributed by atoms with Gasteiger partial charge in [-0.05, 0) is 43.2 Å². The van der Waals surface area contributed by atoms with Gasteiger partial charge in [-0.25, -0.2) is 0 Å². The normalized spacial score (nSPS) is 20.4. The molecule has 1 aliphatic rings. The Hall–Kier alpha value is -2.82. The van der Waals surface area contributed by atoms with Crippen molar-refractivity contribution in [3.8, 4) is 5.75 Å². The molecule has 0 spiro atoms. The molecule has 3 rings (SSSR count). The molecule has 25 heavy (non-hydrogen) atoms. The highest BCUT2D eigenvalue weighted by molar-refractivity contribution is 5.97. The Bertz CT molecular complexity index is 769. The van der Waals surface area contributed by atoms with Gasteiger partial charge in [0, 0.05) is 12.1 Å². The summed E-state index contributed by atoms with van der Waals surface area (Å²) in [6.45, 7) is 2.00. The molecule has 0 saturated carbocycles. The van der Waals surface area contributed by atoms with Gasteiger partial charge in [0.25, 0.3) is 0 Å². The summed E-state index contributed by atoms with van der Waals surface area (Å²) in [7, 11) is 1.60. The Morgan fingerprint density at radius 3 is 2.32 bits per heavy atom. The number of benzene rings is 2. The van der Waals surface area contributed by atoms with E-state index < -0.39 is 12.0 Å². The first kappa shape index (κ1) is 17.0. The number of primary amides is 1. The van der Waals surface area contributed by atoms with E-state index in [1.165, 1.54) is 0 Å². The SMILES string of the molecule is COc1ccc([C@@H]2[C@@H](C(N)=O)CCC(=O)N2c2ccc(C)cc2)cc1. The zero-order valence-corrected chi connectivity index (χ0v) is 14.4. The van der Waals surface area contributed by atoms with E-state index in [1.54, 1.807) is 12.0 Å². The van der Waals surface area contributed by atoms with Gasteiger partial charge in [-0.3, -0.25) is 9.59 Å². The van der Waals surface area contributed by atoms with Gasteiger partial charge < -0.3 is 15.4 Å². The van der Waals surface area contributed by atoms with Crippen molar-refractivity contribution in [2.75, 3.05) is 12.0 Å². The lowest BCUT2D eigenvalue weighted by atomic mass is 9.83. The van der Waals surface area contributed by atoms with Crippen LogP contribution in [0.3, 0.4) is 0 Å². The minimum absolute atomic E-state index is 0.00201. The molecule has 1 aliphatic heterocycles. The third kappa shape index (κ3) is 3.36. The molecular weight excluding hydrogens is 316 g/mol. The predicted molar refractivity (Wildman–Crippen MR) is 96.3 cm³/mol. The molecule has 0 unspecified atom stereocenters. The second-order valence-electron chi connectivity index (χ2n) is 6.36. The fourth-order valence-corrected chi connectivity index (χ4v) is 3.38. The van der Waals surface area contributed by atoms with E-state index in [4.69, 9.17) is 10.5 Å². The van der Waals surface area contributed by atoms with Crippen molar-refractivity contribution < 1.29 is 14.3 Å². The van der Waals surface area contributed by atoms with Crippen LogP contribution < -0.4 is 15.4 Å². The van der Waals surface area contributed by atoms with Crippen molar-refractivity contribution in [3.05, 3.63) is 59.7 Å². The van der Waals surface area contributed by atoms with Gasteiger partial charge in [0.05, 0.1) is 19.1 Å². The first-order valence-corrected chi connectivity index (χ1v) is 8.33. The van der Waals surface area contributed by atoms with E-state index in [9.17, 15) is 9.59 Å². The van der Waals surface area contributed by atoms with Crippen molar-refractivity contribution in [2.45, 2.75) is 25.8 Å². The summed E-state index contributed by atoms with van der Waals surface area (Å²) in [5, 5.41) is 0. The van der Waals surface area contributed by atoms with E-state index in [0.29, 0.717) is 12.8 Å². The maximum absolute atomic E-state index is 12.7. The number of aryl methyl sites for hydroxylation is 1. The number of nitrogens with two attached hydrogens (primary N) is 1. The standard InChI is InChI=1S/C20H22N2O3/c1-13-3-7-15(8-4-13)22-18(23)12-11-17(20(21)24)19(22)14-5-9-16(25-2)10-6-14/h3-10,17,19H,11-12H2,1-2H3,(H2,21,24)/t17-,19+/m0/s1. The number of carbonyl (C=O) groups is 2. The molecule has 0 aliphatic carbocycles. The van der Waals surface area contributed by atoms with Crippen LogP contribution in [0.5, 0.6) is 5.75 Å². The molecule has 0 radical (unpaired) electrons. The third-order valence-corrected chi connectivity index (χ3v) is 4.73. The van der Waals surface area contributed by atoms with Crippen LogP contribution >= 0.6 is 0 Å². The van der Waals surface area contributed by atoms with E-state index in [-0.39, 0.29) is 11.8 Å². The second kappa shape index (κ2) is 6.97. The highest BCUT2D eigenvalue weighted by atomic mass is 16.5. The number of methoxy groups -OCH3 is 1. The molecule has 2 N–H and O–H groups in total. The van der Waals surface area contributed by atoms with Gasteiger partial charge in [0.1, 0.15) is 5.75 Å². The average Bonchev–Trinajstić information content (AvgIpc) is 2.62. The average molecular weight is 338 g/mol. The number of hydrogen-bond acceptors (Lipinski definition) is 3. The number of rotatable bonds is 4. The van der Waals surface area contributed by atoms with Crippen LogP contribution in [0.4, 0.5) is 5.69 Å². The summed E-state index contributed by atoms with van der Waals surface area (Å²) < 4.78 is 5.20. The smallest absolute Gasteiger partial charge is 0.227 e. The van der Waals surface area contributed by atoms with Crippen LogP contribution in [0.2, 0.25) is 0 Å². The minimum atomic E-state index is -0.424. The van der Waals surface area contributed by atoms with Crippen molar-refractivity contribution in [3.63, 3.8) is 0 Å². The van der Waals surface area contributed by atoms with Crippen LogP contribution in [0.1, 0.15) is 30.0 Å². The number of anilines is 1. The Kier molecular flexibility index (Phi) is 4.74. The van der Waals surface area contributed by atoms with Crippen molar-refractivity contribution in [1.82, 2.24) is 0 Å². The van der Waals surface area contributed by atoms with Crippen LogP contribution in [0, 0.1) is 12.8 Å². The minimum Gasteiger partial charge on any atom is -0.497 e. The number of carbonyl (C=O) groups excluding carboxylic acids is 2.